The number of primary amides is 1. The summed E-state index contributed by atoms with van der Waals surface area (Å²) in [6.45, 7) is 6.07. The molecule has 0 aromatic rings. The number of Topliss-reactive ketones (excluding diaryl/α,β-unsaturated/α-hetero) is 1. The summed E-state index contributed by atoms with van der Waals surface area (Å²) in [5.74, 6) is -2.19. The Morgan fingerprint density at radius 1 is 1.15 bits per heavy atom. The van der Waals surface area contributed by atoms with Crippen LogP contribution < -0.4 is 16.8 Å². The fraction of sp³-hybridized carbons (Fsp3) is 0.778. The molecular formula is C18H30N4O4. The summed E-state index contributed by atoms with van der Waals surface area (Å²) in [7, 11) is 0. The zero-order chi connectivity index (χ0) is 19.6. The van der Waals surface area contributed by atoms with Crippen molar-refractivity contribution in [2.24, 2.45) is 22.8 Å². The lowest BCUT2D eigenvalue weighted by Gasteiger charge is -2.33. The number of likely N-dealkylation sites (tertiary alicyclic amines) is 1. The van der Waals surface area contributed by atoms with Crippen molar-refractivity contribution < 1.29 is 19.2 Å². The largest absolute Gasteiger partial charge is 0.363 e. The second kappa shape index (κ2) is 7.73. The number of hydrogen-bond acceptors (Lipinski definition) is 5. The standard InChI is InChI=1S/C18H30N4O4/c1-18(2,3)14(19)17(26)22-8-4-5-12(22)16(25)21-11(9-10-6-7-10)13(23)15(20)24/h10-12,14H,4-9,19H2,1-3H3,(H2,20,24)(H,21,25). The number of rotatable bonds is 7. The highest BCUT2D eigenvalue weighted by Gasteiger charge is 2.41. The maximum atomic E-state index is 12.7. The molecule has 8 nitrogen and oxygen atoms in total. The number of carbonyl (C=O) groups excluding carboxylic acids is 4. The van der Waals surface area contributed by atoms with E-state index in [4.69, 9.17) is 11.5 Å². The maximum Gasteiger partial charge on any atom is 0.287 e. The Kier molecular flexibility index (Phi) is 6.05. The summed E-state index contributed by atoms with van der Waals surface area (Å²) in [6, 6.07) is -2.30. The Hall–Kier alpha value is -1.96. The van der Waals surface area contributed by atoms with Gasteiger partial charge in [-0.05, 0) is 30.6 Å². The Balaban J connectivity index is 2.07. The quantitative estimate of drug-likeness (QED) is 0.531. The Bertz CT molecular complexity index is 594. The van der Waals surface area contributed by atoms with Crippen molar-refractivity contribution in [1.29, 1.82) is 0 Å². The average molecular weight is 366 g/mol. The molecule has 3 atom stereocenters. The van der Waals surface area contributed by atoms with Gasteiger partial charge >= 0.3 is 0 Å². The predicted molar refractivity (Wildman–Crippen MR) is 95.6 cm³/mol. The number of hydrogen-bond donors (Lipinski definition) is 3. The third kappa shape index (κ3) is 4.81. The van der Waals surface area contributed by atoms with E-state index in [-0.39, 0.29) is 5.91 Å². The van der Waals surface area contributed by atoms with E-state index in [1.807, 2.05) is 20.8 Å². The second-order valence-electron chi connectivity index (χ2n) is 8.50. The van der Waals surface area contributed by atoms with Crippen LogP contribution in [0.3, 0.4) is 0 Å². The minimum absolute atomic E-state index is 0.268. The summed E-state index contributed by atoms with van der Waals surface area (Å²) in [5, 5.41) is 2.65. The van der Waals surface area contributed by atoms with Gasteiger partial charge in [0.25, 0.3) is 5.91 Å². The molecule has 2 aliphatic rings. The summed E-state index contributed by atoms with van der Waals surface area (Å²) in [4.78, 5) is 50.2. The van der Waals surface area contributed by atoms with E-state index >= 15 is 0 Å². The number of carbonyl (C=O) groups is 4. The van der Waals surface area contributed by atoms with Crippen LogP contribution in [0, 0.1) is 11.3 Å². The number of nitrogens with zero attached hydrogens (tertiary/aromatic N) is 1. The van der Waals surface area contributed by atoms with Crippen molar-refractivity contribution in [3.63, 3.8) is 0 Å². The van der Waals surface area contributed by atoms with Crippen LogP contribution in [-0.2, 0) is 19.2 Å². The van der Waals surface area contributed by atoms with Gasteiger partial charge in [-0.15, -0.1) is 0 Å². The van der Waals surface area contributed by atoms with Crippen LogP contribution in [0.2, 0.25) is 0 Å². The van der Waals surface area contributed by atoms with Gasteiger partial charge in [0.2, 0.25) is 17.6 Å². The summed E-state index contributed by atoms with van der Waals surface area (Å²) in [5.41, 5.74) is 10.7. The van der Waals surface area contributed by atoms with Crippen LogP contribution in [-0.4, -0.2) is 53.1 Å². The number of amides is 3. The lowest BCUT2D eigenvalue weighted by Crippen LogP contribution is -2.57. The molecule has 1 heterocycles. The van der Waals surface area contributed by atoms with Gasteiger partial charge in [-0.2, -0.15) is 0 Å². The molecule has 146 valence electrons. The zero-order valence-corrected chi connectivity index (χ0v) is 15.8. The maximum absolute atomic E-state index is 12.7. The van der Waals surface area contributed by atoms with Gasteiger partial charge in [0.1, 0.15) is 6.04 Å². The SMILES string of the molecule is CC(C)(C)C(N)C(=O)N1CCCC1C(=O)NC(CC1CC1)C(=O)C(N)=O. The highest BCUT2D eigenvalue weighted by molar-refractivity contribution is 6.37. The minimum atomic E-state index is -1.05. The molecule has 0 aromatic heterocycles. The molecule has 26 heavy (non-hydrogen) atoms. The first-order valence-electron chi connectivity index (χ1n) is 9.22. The van der Waals surface area contributed by atoms with Gasteiger partial charge < -0.3 is 21.7 Å². The van der Waals surface area contributed by atoms with Crippen LogP contribution >= 0.6 is 0 Å². The molecule has 1 saturated heterocycles. The van der Waals surface area contributed by atoms with Gasteiger partial charge in [-0.1, -0.05) is 33.6 Å². The number of nitrogens with one attached hydrogen (secondary N) is 1. The highest BCUT2D eigenvalue weighted by atomic mass is 16.2. The average Bonchev–Trinajstić information content (AvgIpc) is 3.23. The summed E-state index contributed by atoms with van der Waals surface area (Å²) >= 11 is 0. The van der Waals surface area contributed by atoms with Crippen molar-refractivity contribution in [3.8, 4) is 0 Å². The fourth-order valence-corrected chi connectivity index (χ4v) is 3.21. The molecule has 8 heteroatoms. The lowest BCUT2D eigenvalue weighted by atomic mass is 9.86. The molecule has 1 saturated carbocycles. The van der Waals surface area contributed by atoms with E-state index in [1.54, 1.807) is 0 Å². The smallest absolute Gasteiger partial charge is 0.287 e. The van der Waals surface area contributed by atoms with E-state index in [1.165, 1.54) is 4.90 Å². The second-order valence-corrected chi connectivity index (χ2v) is 8.50. The summed E-state index contributed by atoms with van der Waals surface area (Å²) < 4.78 is 0. The van der Waals surface area contributed by atoms with E-state index in [2.05, 4.69) is 5.32 Å². The first kappa shape index (κ1) is 20.4. The molecule has 2 fully saturated rings. The van der Waals surface area contributed by atoms with E-state index in [0.29, 0.717) is 31.7 Å². The molecule has 1 aliphatic heterocycles. The van der Waals surface area contributed by atoms with Crippen molar-refractivity contribution >= 4 is 23.5 Å². The molecule has 0 bridgehead atoms. The molecule has 1 aliphatic carbocycles. The molecule has 3 amide bonds. The van der Waals surface area contributed by atoms with Crippen molar-refractivity contribution in [2.45, 2.75) is 71.0 Å². The van der Waals surface area contributed by atoms with Crippen molar-refractivity contribution in [3.05, 3.63) is 0 Å². The van der Waals surface area contributed by atoms with Crippen molar-refractivity contribution in [2.75, 3.05) is 6.54 Å². The molecule has 2 rings (SSSR count). The van der Waals surface area contributed by atoms with Crippen LogP contribution in [0.15, 0.2) is 0 Å². The fourth-order valence-electron chi connectivity index (χ4n) is 3.21. The molecule has 0 radical (unpaired) electrons. The third-order valence-corrected chi connectivity index (χ3v) is 5.18. The molecule has 0 aromatic carbocycles. The summed E-state index contributed by atoms with van der Waals surface area (Å²) in [6.07, 6.45) is 3.57. The molecule has 5 N–H and O–H groups in total. The first-order chi connectivity index (χ1) is 12.0. The van der Waals surface area contributed by atoms with Crippen LogP contribution in [0.1, 0.15) is 52.9 Å². The first-order valence-corrected chi connectivity index (χ1v) is 9.22. The number of nitrogens with two attached hydrogens (primary N) is 2. The monoisotopic (exact) mass is 366 g/mol. The van der Waals surface area contributed by atoms with Crippen LogP contribution in [0.25, 0.3) is 0 Å². The van der Waals surface area contributed by atoms with Crippen LogP contribution in [0.4, 0.5) is 0 Å². The van der Waals surface area contributed by atoms with E-state index in [0.717, 1.165) is 12.8 Å². The third-order valence-electron chi connectivity index (χ3n) is 5.18. The normalized spacial score (nSPS) is 22.6. The zero-order valence-electron chi connectivity index (χ0n) is 15.8. The minimum Gasteiger partial charge on any atom is -0.363 e. The van der Waals surface area contributed by atoms with Crippen molar-refractivity contribution in [1.82, 2.24) is 10.2 Å². The van der Waals surface area contributed by atoms with Gasteiger partial charge in [0.15, 0.2) is 0 Å². The Labute approximate surface area is 154 Å². The predicted octanol–water partition coefficient (Wildman–Crippen LogP) is -0.310. The van der Waals surface area contributed by atoms with Gasteiger partial charge in [0.05, 0.1) is 12.1 Å². The Morgan fingerprint density at radius 2 is 1.77 bits per heavy atom. The van der Waals surface area contributed by atoms with Gasteiger partial charge in [0, 0.05) is 6.54 Å². The van der Waals surface area contributed by atoms with Gasteiger partial charge in [-0.25, -0.2) is 0 Å². The molecular weight excluding hydrogens is 336 g/mol. The molecule has 0 spiro atoms. The number of ketones is 1. The van der Waals surface area contributed by atoms with Crippen LogP contribution in [0.5, 0.6) is 0 Å². The topological polar surface area (TPSA) is 136 Å². The Morgan fingerprint density at radius 3 is 2.27 bits per heavy atom. The van der Waals surface area contributed by atoms with E-state index in [9.17, 15) is 19.2 Å². The molecule has 3 unspecified atom stereocenters. The highest BCUT2D eigenvalue weighted by Crippen LogP contribution is 2.34. The lowest BCUT2D eigenvalue weighted by molar-refractivity contribution is -0.143. The van der Waals surface area contributed by atoms with E-state index < -0.39 is 41.1 Å². The van der Waals surface area contributed by atoms with Gasteiger partial charge in [-0.3, -0.25) is 19.2 Å².